The number of carbonyl (C=O) groups excluding carboxylic acids is 1. The van der Waals surface area contributed by atoms with Gasteiger partial charge in [0.25, 0.3) is 5.22 Å². The third kappa shape index (κ3) is 4.98. The van der Waals surface area contributed by atoms with Crippen LogP contribution in [0.2, 0.25) is 0 Å². The number of carbonyl (C=O) groups is 1. The van der Waals surface area contributed by atoms with Crippen LogP contribution in [0.25, 0.3) is 0 Å². The zero-order valence-corrected chi connectivity index (χ0v) is 17.1. The average Bonchev–Trinajstić information content (AvgIpc) is 3.20. The van der Waals surface area contributed by atoms with E-state index in [2.05, 4.69) is 33.7 Å². The van der Waals surface area contributed by atoms with E-state index in [0.717, 1.165) is 30.6 Å². The summed E-state index contributed by atoms with van der Waals surface area (Å²) < 4.78 is 10.8. The topological polar surface area (TPSA) is 77.2 Å². The molecule has 1 aromatic heterocycles. The van der Waals surface area contributed by atoms with Gasteiger partial charge < -0.3 is 14.5 Å². The van der Waals surface area contributed by atoms with Crippen LogP contribution in [0.5, 0.6) is 5.75 Å². The van der Waals surface area contributed by atoms with Gasteiger partial charge >= 0.3 is 0 Å². The van der Waals surface area contributed by atoms with Gasteiger partial charge in [-0.3, -0.25) is 4.79 Å². The summed E-state index contributed by atoms with van der Waals surface area (Å²) in [6, 6.07) is 16.1. The Hall–Kier alpha value is -2.80. The van der Waals surface area contributed by atoms with Crippen molar-refractivity contribution in [2.45, 2.75) is 36.9 Å². The number of aromatic nitrogens is 2. The fourth-order valence-corrected chi connectivity index (χ4v) is 4.14. The van der Waals surface area contributed by atoms with Crippen LogP contribution in [-0.4, -0.2) is 29.0 Å². The molecule has 0 radical (unpaired) electrons. The van der Waals surface area contributed by atoms with Gasteiger partial charge in [-0.1, -0.05) is 48.2 Å². The number of thioether (sulfide) groups is 1. The molecule has 29 heavy (non-hydrogen) atoms. The van der Waals surface area contributed by atoms with E-state index in [1.165, 1.54) is 22.9 Å². The van der Waals surface area contributed by atoms with Crippen molar-refractivity contribution < 1.29 is 13.9 Å². The maximum Gasteiger partial charge on any atom is 0.277 e. The number of aryl methyl sites for hydroxylation is 1. The second-order valence-electron chi connectivity index (χ2n) is 6.99. The normalized spacial score (nSPS) is 15.6. The molecule has 0 bridgehead atoms. The van der Waals surface area contributed by atoms with Gasteiger partial charge in [0.15, 0.2) is 0 Å². The SMILES string of the molecule is COc1ccc(Cc2nnc(SCC(=O)N[C@@H]3CCCc4ccccc43)o2)cc1. The Balaban J connectivity index is 1.29. The first kappa shape index (κ1) is 19.5. The minimum atomic E-state index is -0.0217. The number of nitrogens with zero attached hydrogens (tertiary/aromatic N) is 2. The van der Waals surface area contributed by atoms with Gasteiger partial charge in [-0.15, -0.1) is 10.2 Å². The summed E-state index contributed by atoms with van der Waals surface area (Å²) >= 11 is 1.26. The van der Waals surface area contributed by atoms with Crippen molar-refractivity contribution in [3.05, 3.63) is 71.1 Å². The summed E-state index contributed by atoms with van der Waals surface area (Å²) in [6.45, 7) is 0. The first-order chi connectivity index (χ1) is 14.2. The van der Waals surface area contributed by atoms with Crippen molar-refractivity contribution in [1.82, 2.24) is 15.5 Å². The van der Waals surface area contributed by atoms with Gasteiger partial charge in [-0.25, -0.2) is 0 Å². The summed E-state index contributed by atoms with van der Waals surface area (Å²) in [7, 11) is 1.64. The molecule has 1 aliphatic rings. The summed E-state index contributed by atoms with van der Waals surface area (Å²) in [5.41, 5.74) is 3.62. The second-order valence-corrected chi connectivity index (χ2v) is 7.91. The molecule has 7 heteroatoms. The third-order valence-corrected chi connectivity index (χ3v) is 5.81. The lowest BCUT2D eigenvalue weighted by atomic mass is 9.88. The van der Waals surface area contributed by atoms with Crippen LogP contribution in [0.15, 0.2) is 58.2 Å². The number of hydrogen-bond acceptors (Lipinski definition) is 6. The number of methoxy groups -OCH3 is 1. The van der Waals surface area contributed by atoms with Crippen LogP contribution >= 0.6 is 11.8 Å². The van der Waals surface area contributed by atoms with Gasteiger partial charge in [-0.05, 0) is 48.1 Å². The van der Waals surface area contributed by atoms with Crippen molar-refractivity contribution in [1.29, 1.82) is 0 Å². The number of benzene rings is 2. The van der Waals surface area contributed by atoms with Crippen molar-refractivity contribution in [3.63, 3.8) is 0 Å². The molecular weight excluding hydrogens is 386 g/mol. The van der Waals surface area contributed by atoms with Gasteiger partial charge in [0.2, 0.25) is 11.8 Å². The lowest BCUT2D eigenvalue weighted by Crippen LogP contribution is -2.32. The molecule has 0 unspecified atom stereocenters. The summed E-state index contributed by atoms with van der Waals surface area (Å²) in [5.74, 6) is 1.57. The molecule has 1 N–H and O–H groups in total. The van der Waals surface area contributed by atoms with E-state index < -0.39 is 0 Å². The molecule has 0 saturated carbocycles. The molecule has 150 valence electrons. The number of hydrogen-bond donors (Lipinski definition) is 1. The Bertz CT molecular complexity index is 971. The highest BCUT2D eigenvalue weighted by atomic mass is 32.2. The van der Waals surface area contributed by atoms with E-state index in [9.17, 15) is 4.79 Å². The zero-order valence-electron chi connectivity index (χ0n) is 16.3. The predicted octanol–water partition coefficient (Wildman–Crippen LogP) is 3.95. The van der Waals surface area contributed by atoms with Crippen molar-refractivity contribution in [3.8, 4) is 5.75 Å². The van der Waals surface area contributed by atoms with E-state index in [0.29, 0.717) is 17.5 Å². The molecule has 6 nitrogen and oxygen atoms in total. The first-order valence-corrected chi connectivity index (χ1v) is 10.6. The number of rotatable bonds is 7. The summed E-state index contributed by atoms with van der Waals surface area (Å²) in [4.78, 5) is 12.4. The van der Waals surface area contributed by atoms with Gasteiger partial charge in [0.1, 0.15) is 5.75 Å². The van der Waals surface area contributed by atoms with E-state index in [-0.39, 0.29) is 17.7 Å². The molecule has 3 aromatic rings. The smallest absolute Gasteiger partial charge is 0.277 e. The molecule has 0 aliphatic heterocycles. The molecular formula is C22H23N3O3S. The number of ether oxygens (including phenoxy) is 1. The highest BCUT2D eigenvalue weighted by molar-refractivity contribution is 7.99. The Kier molecular flexibility index (Phi) is 6.14. The number of fused-ring (bicyclic) bond motifs is 1. The zero-order chi connectivity index (χ0) is 20.1. The summed E-state index contributed by atoms with van der Waals surface area (Å²) in [5, 5.41) is 11.7. The molecule has 1 heterocycles. The molecule has 1 aliphatic carbocycles. The molecule has 4 rings (SSSR count). The van der Waals surface area contributed by atoms with Crippen LogP contribution in [-0.2, 0) is 17.6 Å². The van der Waals surface area contributed by atoms with E-state index in [1.807, 2.05) is 30.3 Å². The molecule has 1 amide bonds. The fourth-order valence-electron chi connectivity index (χ4n) is 3.55. The van der Waals surface area contributed by atoms with E-state index in [1.54, 1.807) is 7.11 Å². The van der Waals surface area contributed by atoms with Crippen LogP contribution in [0.3, 0.4) is 0 Å². The minimum Gasteiger partial charge on any atom is -0.497 e. The van der Waals surface area contributed by atoms with Gasteiger partial charge in [0.05, 0.1) is 25.3 Å². The third-order valence-electron chi connectivity index (χ3n) is 4.99. The predicted molar refractivity (Wildman–Crippen MR) is 111 cm³/mol. The molecule has 1 atom stereocenters. The monoisotopic (exact) mass is 409 g/mol. The van der Waals surface area contributed by atoms with Crippen LogP contribution in [0, 0.1) is 0 Å². The van der Waals surface area contributed by atoms with E-state index in [4.69, 9.17) is 9.15 Å². The Morgan fingerprint density at radius 1 is 1.21 bits per heavy atom. The first-order valence-electron chi connectivity index (χ1n) is 9.66. The van der Waals surface area contributed by atoms with Crippen LogP contribution in [0.1, 0.15) is 41.5 Å². The lowest BCUT2D eigenvalue weighted by molar-refractivity contribution is -0.119. The molecule has 2 aromatic carbocycles. The van der Waals surface area contributed by atoms with Gasteiger partial charge in [-0.2, -0.15) is 0 Å². The highest BCUT2D eigenvalue weighted by Gasteiger charge is 2.21. The molecule has 0 spiro atoms. The van der Waals surface area contributed by atoms with Crippen molar-refractivity contribution in [2.75, 3.05) is 12.9 Å². The molecule has 0 fully saturated rings. The summed E-state index contributed by atoms with van der Waals surface area (Å²) in [6.07, 6.45) is 3.69. The maximum atomic E-state index is 12.4. The van der Waals surface area contributed by atoms with Gasteiger partial charge in [0, 0.05) is 0 Å². The largest absolute Gasteiger partial charge is 0.497 e. The quantitative estimate of drug-likeness (QED) is 0.595. The Morgan fingerprint density at radius 2 is 2.03 bits per heavy atom. The maximum absolute atomic E-state index is 12.4. The standard InChI is InChI=1S/C22H23N3O3S/c1-27-17-11-9-15(10-12-17)13-21-24-25-22(28-21)29-14-20(26)23-19-8-4-6-16-5-2-3-7-18(16)19/h2-3,5,7,9-12,19H,4,6,8,13-14H2,1H3,(H,23,26)/t19-/m1/s1. The van der Waals surface area contributed by atoms with Crippen molar-refractivity contribution in [2.24, 2.45) is 0 Å². The van der Waals surface area contributed by atoms with Crippen LogP contribution in [0.4, 0.5) is 0 Å². The van der Waals surface area contributed by atoms with Crippen LogP contribution < -0.4 is 10.1 Å². The highest BCUT2D eigenvalue weighted by Crippen LogP contribution is 2.29. The average molecular weight is 410 g/mol. The Labute approximate surface area is 174 Å². The second kappa shape index (κ2) is 9.13. The van der Waals surface area contributed by atoms with E-state index >= 15 is 0 Å². The Morgan fingerprint density at radius 3 is 2.86 bits per heavy atom. The van der Waals surface area contributed by atoms with Crippen molar-refractivity contribution >= 4 is 17.7 Å². The molecule has 0 saturated heterocycles. The lowest BCUT2D eigenvalue weighted by Gasteiger charge is -2.26. The number of amides is 1. The number of nitrogens with one attached hydrogen (secondary N) is 1. The fraction of sp³-hybridized carbons (Fsp3) is 0.318. The minimum absolute atomic E-state index is 0.0217.